The normalized spacial score (nSPS) is 20.8. The number of anilines is 2. The standard InChI is InChI=1S/C36H33FN6O2/c37-27-6-8-32(30(16-27)28-7-2-23(17-38)13-29(28)25-4-5-25)45-33-18-39-22-40-35(33)43-12-10-36(21-43)9-11-42(20-36)19-24-1-3-26-15-34(44)41-31(26)14-24/h1-3,6-8,13-14,16,18,22,25H,4-5,9-12,15,19-21H2,(H,41,44). The Bertz CT molecular complexity index is 1870. The van der Waals surface area contributed by atoms with Crippen molar-refractivity contribution in [2.45, 2.75) is 44.6 Å². The number of carbonyl (C=O) groups is 1. The van der Waals surface area contributed by atoms with Crippen molar-refractivity contribution in [1.82, 2.24) is 14.9 Å². The smallest absolute Gasteiger partial charge is 0.228 e. The number of nitrogens with zero attached hydrogens (tertiary/aromatic N) is 5. The fourth-order valence-corrected chi connectivity index (χ4v) is 7.38. The highest BCUT2D eigenvalue weighted by Crippen LogP contribution is 2.48. The molecular weight excluding hydrogens is 567 g/mol. The van der Waals surface area contributed by atoms with E-state index in [-0.39, 0.29) is 17.1 Å². The van der Waals surface area contributed by atoms with Gasteiger partial charge in [0.1, 0.15) is 17.9 Å². The van der Waals surface area contributed by atoms with Gasteiger partial charge in [-0.3, -0.25) is 9.69 Å². The topological polar surface area (TPSA) is 94.4 Å². The SMILES string of the molecule is N#Cc1ccc(-c2cc(F)ccc2Oc2cncnc2N2CCC3(CCN(Cc4ccc5c(c4)NC(=O)C5)C3)C2)c(C2CC2)c1. The number of rotatable bonds is 7. The van der Waals surface area contributed by atoms with Gasteiger partial charge in [0, 0.05) is 42.8 Å². The van der Waals surface area contributed by atoms with Gasteiger partial charge in [-0.2, -0.15) is 5.26 Å². The maximum absolute atomic E-state index is 14.6. The molecule has 3 aromatic carbocycles. The maximum atomic E-state index is 14.6. The molecule has 1 amide bonds. The second-order valence-corrected chi connectivity index (χ2v) is 13.0. The molecule has 45 heavy (non-hydrogen) atoms. The van der Waals surface area contributed by atoms with Crippen LogP contribution in [0.5, 0.6) is 11.5 Å². The summed E-state index contributed by atoms with van der Waals surface area (Å²) in [4.78, 5) is 25.5. The van der Waals surface area contributed by atoms with Gasteiger partial charge in [0.15, 0.2) is 11.6 Å². The van der Waals surface area contributed by atoms with E-state index in [4.69, 9.17) is 4.74 Å². The first-order valence-electron chi connectivity index (χ1n) is 15.7. The average molecular weight is 601 g/mol. The molecule has 0 radical (unpaired) electrons. The Kier molecular flexibility index (Phi) is 6.76. The Balaban J connectivity index is 1.01. The molecule has 9 heteroatoms. The van der Waals surface area contributed by atoms with E-state index in [0.717, 1.165) is 86.6 Å². The third-order valence-electron chi connectivity index (χ3n) is 9.77. The number of hydrogen-bond donors (Lipinski definition) is 1. The first-order valence-corrected chi connectivity index (χ1v) is 15.7. The minimum absolute atomic E-state index is 0.0642. The Morgan fingerprint density at radius 2 is 1.91 bits per heavy atom. The molecule has 1 aromatic heterocycles. The predicted octanol–water partition coefficient (Wildman–Crippen LogP) is 6.42. The van der Waals surface area contributed by atoms with Crippen molar-refractivity contribution in [3.8, 4) is 28.7 Å². The fraction of sp³-hybridized carbons (Fsp3) is 0.333. The van der Waals surface area contributed by atoms with Crippen LogP contribution in [0.3, 0.4) is 0 Å². The lowest BCUT2D eigenvalue weighted by Crippen LogP contribution is -2.31. The van der Waals surface area contributed by atoms with Gasteiger partial charge < -0.3 is 15.0 Å². The van der Waals surface area contributed by atoms with Crippen LogP contribution < -0.4 is 15.0 Å². The zero-order chi connectivity index (χ0) is 30.5. The van der Waals surface area contributed by atoms with Crippen LogP contribution in [-0.4, -0.2) is 47.0 Å². The number of hydrogen-bond acceptors (Lipinski definition) is 7. The molecule has 1 spiro atoms. The second-order valence-electron chi connectivity index (χ2n) is 13.0. The van der Waals surface area contributed by atoms with E-state index >= 15 is 0 Å². The zero-order valence-electron chi connectivity index (χ0n) is 24.9. The van der Waals surface area contributed by atoms with E-state index in [1.807, 2.05) is 12.1 Å². The number of aromatic nitrogens is 2. The molecule has 4 aliphatic rings. The zero-order valence-corrected chi connectivity index (χ0v) is 24.9. The van der Waals surface area contributed by atoms with Crippen molar-refractivity contribution in [2.24, 2.45) is 5.41 Å². The van der Waals surface area contributed by atoms with Crippen LogP contribution in [0.4, 0.5) is 15.9 Å². The number of amides is 1. The maximum Gasteiger partial charge on any atom is 0.228 e. The van der Waals surface area contributed by atoms with Crippen LogP contribution in [0, 0.1) is 22.6 Å². The number of benzene rings is 3. The number of carbonyl (C=O) groups excluding carboxylic acids is 1. The summed E-state index contributed by atoms with van der Waals surface area (Å²) < 4.78 is 21.2. The minimum atomic E-state index is -0.343. The lowest BCUT2D eigenvalue weighted by atomic mass is 9.86. The van der Waals surface area contributed by atoms with E-state index in [9.17, 15) is 14.4 Å². The molecule has 2 saturated heterocycles. The summed E-state index contributed by atoms with van der Waals surface area (Å²) in [6, 6.07) is 18.8. The van der Waals surface area contributed by atoms with Gasteiger partial charge in [-0.15, -0.1) is 0 Å². The summed E-state index contributed by atoms with van der Waals surface area (Å²) in [6.07, 6.45) is 7.99. The van der Waals surface area contributed by atoms with Crippen LogP contribution in [-0.2, 0) is 17.8 Å². The first-order chi connectivity index (χ1) is 21.9. The van der Waals surface area contributed by atoms with E-state index in [0.29, 0.717) is 35.0 Å². The molecule has 1 saturated carbocycles. The van der Waals surface area contributed by atoms with Gasteiger partial charge in [0.05, 0.1) is 24.3 Å². The van der Waals surface area contributed by atoms with Crippen molar-refractivity contribution >= 4 is 17.4 Å². The third kappa shape index (κ3) is 5.40. The van der Waals surface area contributed by atoms with Gasteiger partial charge in [-0.25, -0.2) is 14.4 Å². The Morgan fingerprint density at radius 3 is 2.78 bits per heavy atom. The summed E-state index contributed by atoms with van der Waals surface area (Å²) in [5, 5.41) is 12.5. The summed E-state index contributed by atoms with van der Waals surface area (Å²) >= 11 is 0. The monoisotopic (exact) mass is 600 g/mol. The van der Waals surface area contributed by atoms with Gasteiger partial charge in [-0.05, 0) is 96.8 Å². The minimum Gasteiger partial charge on any atom is -0.451 e. The molecule has 8 rings (SSSR count). The van der Waals surface area contributed by atoms with Gasteiger partial charge in [0.2, 0.25) is 5.91 Å². The largest absolute Gasteiger partial charge is 0.451 e. The summed E-state index contributed by atoms with van der Waals surface area (Å²) in [7, 11) is 0. The van der Waals surface area contributed by atoms with Crippen molar-refractivity contribution in [2.75, 3.05) is 36.4 Å². The van der Waals surface area contributed by atoms with E-state index in [1.165, 1.54) is 17.7 Å². The molecule has 1 unspecified atom stereocenters. The van der Waals surface area contributed by atoms with Crippen molar-refractivity contribution in [3.63, 3.8) is 0 Å². The molecule has 0 bridgehead atoms. The highest BCUT2D eigenvalue weighted by atomic mass is 19.1. The highest BCUT2D eigenvalue weighted by molar-refractivity contribution is 5.99. The van der Waals surface area contributed by atoms with E-state index in [2.05, 4.69) is 49.4 Å². The van der Waals surface area contributed by atoms with Crippen LogP contribution in [0.2, 0.25) is 0 Å². The molecule has 8 nitrogen and oxygen atoms in total. The van der Waals surface area contributed by atoms with Crippen LogP contribution in [0.15, 0.2) is 67.1 Å². The Morgan fingerprint density at radius 1 is 1.02 bits per heavy atom. The lowest BCUT2D eigenvalue weighted by molar-refractivity contribution is -0.115. The Labute approximate surface area is 261 Å². The molecule has 4 aromatic rings. The fourth-order valence-electron chi connectivity index (χ4n) is 7.38. The highest BCUT2D eigenvalue weighted by Gasteiger charge is 2.44. The summed E-state index contributed by atoms with van der Waals surface area (Å²) in [6.45, 7) is 4.62. The lowest BCUT2D eigenvalue weighted by Gasteiger charge is -2.26. The number of nitrogens with one attached hydrogen (secondary N) is 1. The van der Waals surface area contributed by atoms with Crippen molar-refractivity contribution in [1.29, 1.82) is 5.26 Å². The molecule has 4 heterocycles. The second kappa shape index (κ2) is 11.0. The molecule has 226 valence electrons. The van der Waals surface area contributed by atoms with Gasteiger partial charge in [-0.1, -0.05) is 18.2 Å². The van der Waals surface area contributed by atoms with E-state index < -0.39 is 0 Å². The van der Waals surface area contributed by atoms with Crippen LogP contribution in [0.25, 0.3) is 11.1 Å². The average Bonchev–Trinajstić information content (AvgIpc) is 3.55. The van der Waals surface area contributed by atoms with E-state index in [1.54, 1.807) is 24.7 Å². The first kappa shape index (κ1) is 27.7. The predicted molar refractivity (Wildman–Crippen MR) is 169 cm³/mol. The molecule has 1 atom stereocenters. The molecule has 1 aliphatic carbocycles. The number of nitriles is 1. The molecule has 3 fully saturated rings. The molecular formula is C36H33FN6O2. The number of ether oxygens (including phenoxy) is 1. The number of likely N-dealkylation sites (tertiary alicyclic amines) is 1. The Hall–Kier alpha value is -4.81. The van der Waals surface area contributed by atoms with Crippen LogP contribution >= 0.6 is 0 Å². The quantitative estimate of drug-likeness (QED) is 0.262. The van der Waals surface area contributed by atoms with Gasteiger partial charge >= 0.3 is 0 Å². The molecule has 3 aliphatic heterocycles. The number of halogens is 1. The summed E-state index contributed by atoms with van der Waals surface area (Å²) in [5.41, 5.74) is 6.62. The van der Waals surface area contributed by atoms with Crippen molar-refractivity contribution in [3.05, 3.63) is 95.2 Å². The third-order valence-corrected chi connectivity index (χ3v) is 9.77. The van der Waals surface area contributed by atoms with Crippen LogP contribution in [0.1, 0.15) is 53.9 Å². The molecule has 1 N–H and O–H groups in total. The van der Waals surface area contributed by atoms with Crippen molar-refractivity contribution < 1.29 is 13.9 Å². The number of fused-ring (bicyclic) bond motifs is 1. The summed E-state index contributed by atoms with van der Waals surface area (Å²) in [5.74, 6) is 1.91. The van der Waals surface area contributed by atoms with Gasteiger partial charge in [0.25, 0.3) is 0 Å².